The summed E-state index contributed by atoms with van der Waals surface area (Å²) < 4.78 is 0. The lowest BCUT2D eigenvalue weighted by atomic mass is 9.99. The monoisotopic (exact) mass is 317 g/mol. The van der Waals surface area contributed by atoms with Crippen molar-refractivity contribution < 1.29 is 9.90 Å². The summed E-state index contributed by atoms with van der Waals surface area (Å²) in [5, 5.41) is 15.5. The minimum absolute atomic E-state index is 0.0225. The van der Waals surface area contributed by atoms with Crippen LogP contribution in [0.1, 0.15) is 31.7 Å². The van der Waals surface area contributed by atoms with Crippen LogP contribution in [0.15, 0.2) is 30.3 Å². The minimum atomic E-state index is -0.108. The van der Waals surface area contributed by atoms with E-state index in [9.17, 15) is 9.90 Å². The van der Waals surface area contributed by atoms with Crippen LogP contribution < -0.4 is 10.6 Å². The Morgan fingerprint density at radius 1 is 1.39 bits per heavy atom. The van der Waals surface area contributed by atoms with Crippen LogP contribution in [0.5, 0.6) is 0 Å². The van der Waals surface area contributed by atoms with Crippen LogP contribution >= 0.6 is 0 Å². The van der Waals surface area contributed by atoms with Crippen molar-refractivity contribution in [2.75, 3.05) is 19.7 Å². The van der Waals surface area contributed by atoms with E-state index >= 15 is 0 Å². The Kier molecular flexibility index (Phi) is 4.87. The molecular formula is C18H27N3O2. The maximum atomic E-state index is 12.1. The predicted molar refractivity (Wildman–Crippen MR) is 90.0 cm³/mol. The molecule has 3 N–H and O–H groups in total. The van der Waals surface area contributed by atoms with Gasteiger partial charge in [-0.1, -0.05) is 30.3 Å². The van der Waals surface area contributed by atoms with Crippen LogP contribution in [0, 0.1) is 5.41 Å². The van der Waals surface area contributed by atoms with E-state index in [0.717, 1.165) is 38.9 Å². The first-order valence-corrected chi connectivity index (χ1v) is 8.55. The maximum Gasteiger partial charge on any atom is 0.315 e. The molecule has 1 aliphatic heterocycles. The van der Waals surface area contributed by atoms with Crippen LogP contribution in [0.2, 0.25) is 0 Å². The third kappa shape index (κ3) is 4.03. The van der Waals surface area contributed by atoms with E-state index in [1.54, 1.807) is 0 Å². The predicted octanol–water partition coefficient (Wildman–Crippen LogP) is 1.72. The first-order chi connectivity index (χ1) is 11.1. The van der Waals surface area contributed by atoms with Gasteiger partial charge in [0, 0.05) is 37.1 Å². The van der Waals surface area contributed by atoms with Gasteiger partial charge < -0.3 is 15.7 Å². The molecule has 3 rings (SSSR count). The smallest absolute Gasteiger partial charge is 0.315 e. The Morgan fingerprint density at radius 2 is 2.13 bits per heavy atom. The van der Waals surface area contributed by atoms with E-state index in [4.69, 9.17) is 0 Å². The lowest BCUT2D eigenvalue weighted by Gasteiger charge is -2.24. The summed E-state index contributed by atoms with van der Waals surface area (Å²) in [6.07, 6.45) is 2.98. The zero-order valence-corrected chi connectivity index (χ0v) is 13.8. The van der Waals surface area contributed by atoms with Gasteiger partial charge in [-0.15, -0.1) is 0 Å². The van der Waals surface area contributed by atoms with Gasteiger partial charge in [-0.3, -0.25) is 4.90 Å². The van der Waals surface area contributed by atoms with Gasteiger partial charge in [0.1, 0.15) is 0 Å². The average molecular weight is 317 g/mol. The third-order valence-corrected chi connectivity index (χ3v) is 5.33. The molecule has 1 saturated heterocycles. The van der Waals surface area contributed by atoms with E-state index in [2.05, 4.69) is 39.8 Å². The fourth-order valence-electron chi connectivity index (χ4n) is 3.40. The minimum Gasteiger partial charge on any atom is -0.396 e. The van der Waals surface area contributed by atoms with E-state index in [-0.39, 0.29) is 30.1 Å². The van der Waals surface area contributed by atoms with Crippen LogP contribution in [0.25, 0.3) is 0 Å². The van der Waals surface area contributed by atoms with Crippen LogP contribution in [0.3, 0.4) is 0 Å². The molecule has 1 aromatic carbocycles. The van der Waals surface area contributed by atoms with Crippen molar-refractivity contribution in [1.29, 1.82) is 0 Å². The number of nitrogens with one attached hydrogen (secondary N) is 2. The van der Waals surface area contributed by atoms with Crippen molar-refractivity contribution in [2.45, 2.75) is 44.8 Å². The molecule has 2 atom stereocenters. The number of carbonyl (C=O) groups is 1. The number of carbonyl (C=O) groups excluding carboxylic acids is 1. The fourth-order valence-corrected chi connectivity index (χ4v) is 3.40. The molecule has 2 amide bonds. The largest absolute Gasteiger partial charge is 0.396 e. The number of urea groups is 1. The molecule has 1 saturated carbocycles. The van der Waals surface area contributed by atoms with Crippen molar-refractivity contribution in [3.63, 3.8) is 0 Å². The zero-order chi connectivity index (χ0) is 16.3. The van der Waals surface area contributed by atoms with E-state index in [0.29, 0.717) is 0 Å². The average Bonchev–Trinajstić information content (AvgIpc) is 3.24. The number of likely N-dealkylation sites (tertiary alicyclic amines) is 1. The molecule has 2 aliphatic rings. The van der Waals surface area contributed by atoms with Crippen molar-refractivity contribution >= 4 is 6.03 Å². The number of hydrogen-bond acceptors (Lipinski definition) is 3. The standard InChI is InChI=1S/C18H27N3O2/c1-14(18(13-22)8-9-18)19-17(23)20-16-7-10-21(12-16)11-15-5-3-2-4-6-15/h2-6,14,16,22H,7-13H2,1H3,(H2,19,20,23). The van der Waals surface area contributed by atoms with Crippen molar-refractivity contribution in [1.82, 2.24) is 15.5 Å². The first kappa shape index (κ1) is 16.3. The molecule has 1 aliphatic carbocycles. The zero-order valence-electron chi connectivity index (χ0n) is 13.8. The Balaban J connectivity index is 1.42. The van der Waals surface area contributed by atoms with Crippen LogP contribution in [0.4, 0.5) is 4.79 Å². The summed E-state index contributed by atoms with van der Waals surface area (Å²) in [5.41, 5.74) is 1.23. The highest BCUT2D eigenvalue weighted by Crippen LogP contribution is 2.48. The summed E-state index contributed by atoms with van der Waals surface area (Å²) in [5.74, 6) is 0. The molecule has 5 heteroatoms. The highest BCUT2D eigenvalue weighted by molar-refractivity contribution is 5.74. The number of aliphatic hydroxyl groups is 1. The van der Waals surface area contributed by atoms with Gasteiger partial charge in [-0.2, -0.15) is 0 Å². The second-order valence-electron chi connectivity index (χ2n) is 7.07. The highest BCUT2D eigenvalue weighted by atomic mass is 16.3. The quantitative estimate of drug-likeness (QED) is 0.748. The number of aliphatic hydroxyl groups excluding tert-OH is 1. The number of hydrogen-bond donors (Lipinski definition) is 3. The molecule has 23 heavy (non-hydrogen) atoms. The van der Waals surface area contributed by atoms with Gasteiger partial charge in [0.15, 0.2) is 0 Å². The fraction of sp³-hybridized carbons (Fsp3) is 0.611. The number of nitrogens with zero attached hydrogens (tertiary/aromatic N) is 1. The molecular weight excluding hydrogens is 290 g/mol. The van der Waals surface area contributed by atoms with Gasteiger partial charge in [0.25, 0.3) is 0 Å². The molecule has 1 heterocycles. The normalized spacial score (nSPS) is 24.2. The van der Waals surface area contributed by atoms with Gasteiger partial charge >= 0.3 is 6.03 Å². The molecule has 2 fully saturated rings. The van der Waals surface area contributed by atoms with Crippen molar-refractivity contribution in [3.8, 4) is 0 Å². The first-order valence-electron chi connectivity index (χ1n) is 8.55. The highest BCUT2D eigenvalue weighted by Gasteiger charge is 2.47. The summed E-state index contributed by atoms with van der Waals surface area (Å²) in [6, 6.07) is 10.5. The van der Waals surface area contributed by atoms with Gasteiger partial charge in [0.05, 0.1) is 6.61 Å². The van der Waals surface area contributed by atoms with E-state index in [1.165, 1.54) is 5.56 Å². The second-order valence-corrected chi connectivity index (χ2v) is 7.07. The second kappa shape index (κ2) is 6.89. The number of benzene rings is 1. The lowest BCUT2D eigenvalue weighted by Crippen LogP contribution is -2.49. The topological polar surface area (TPSA) is 64.6 Å². The maximum absolute atomic E-state index is 12.1. The Morgan fingerprint density at radius 3 is 2.78 bits per heavy atom. The molecule has 126 valence electrons. The molecule has 2 unspecified atom stereocenters. The van der Waals surface area contributed by atoms with Crippen LogP contribution in [-0.2, 0) is 6.54 Å². The summed E-state index contributed by atoms with van der Waals surface area (Å²) in [4.78, 5) is 14.5. The Hall–Kier alpha value is -1.59. The van der Waals surface area contributed by atoms with Gasteiger partial charge in [-0.25, -0.2) is 4.79 Å². The van der Waals surface area contributed by atoms with Crippen molar-refractivity contribution in [3.05, 3.63) is 35.9 Å². The van der Waals surface area contributed by atoms with E-state index < -0.39 is 0 Å². The third-order valence-electron chi connectivity index (χ3n) is 5.33. The molecule has 5 nitrogen and oxygen atoms in total. The molecule has 0 spiro atoms. The molecule has 1 aromatic rings. The summed E-state index contributed by atoms with van der Waals surface area (Å²) >= 11 is 0. The molecule has 0 radical (unpaired) electrons. The molecule has 0 bridgehead atoms. The van der Waals surface area contributed by atoms with Crippen LogP contribution in [-0.4, -0.2) is 47.8 Å². The van der Waals surface area contributed by atoms with E-state index in [1.807, 2.05) is 13.0 Å². The van der Waals surface area contributed by atoms with Gasteiger partial charge in [-0.05, 0) is 31.7 Å². The number of amides is 2. The summed E-state index contributed by atoms with van der Waals surface area (Å²) in [6.45, 7) is 4.98. The lowest BCUT2D eigenvalue weighted by molar-refractivity contribution is 0.175. The Bertz CT molecular complexity index is 530. The SMILES string of the molecule is CC(NC(=O)NC1CCN(Cc2ccccc2)C1)C1(CO)CC1. The number of rotatable bonds is 6. The van der Waals surface area contributed by atoms with Gasteiger partial charge in [0.2, 0.25) is 0 Å². The Labute approximate surface area is 138 Å². The molecule has 0 aromatic heterocycles. The van der Waals surface area contributed by atoms with Crippen molar-refractivity contribution in [2.24, 2.45) is 5.41 Å². The summed E-state index contributed by atoms with van der Waals surface area (Å²) in [7, 11) is 0.